The summed E-state index contributed by atoms with van der Waals surface area (Å²) in [5.74, 6) is 8.47. The fourth-order valence-electron chi connectivity index (χ4n) is 3.85. The largest absolute Gasteiger partial charge is 0.0945 e. The zero-order chi connectivity index (χ0) is 18.2. The van der Waals surface area contributed by atoms with Crippen molar-refractivity contribution >= 4 is 11.6 Å². The summed E-state index contributed by atoms with van der Waals surface area (Å²) in [6.45, 7) is 2.29. The molecule has 1 aliphatic carbocycles. The van der Waals surface area contributed by atoms with Gasteiger partial charge in [-0.05, 0) is 67.0 Å². The predicted octanol–water partition coefficient (Wildman–Crippen LogP) is 7.75. The minimum atomic E-state index is 0.591. The number of rotatable bonds is 5. The van der Waals surface area contributed by atoms with Crippen molar-refractivity contribution in [2.24, 2.45) is 11.8 Å². The van der Waals surface area contributed by atoms with E-state index in [0.717, 1.165) is 16.5 Å². The van der Waals surface area contributed by atoms with Crippen LogP contribution in [0.2, 0.25) is 5.02 Å². The first-order valence-electron chi connectivity index (χ1n) is 10.1. The van der Waals surface area contributed by atoms with Crippen molar-refractivity contribution in [3.8, 4) is 23.0 Å². The van der Waals surface area contributed by atoms with E-state index in [9.17, 15) is 0 Å². The second-order valence-electron chi connectivity index (χ2n) is 7.57. The van der Waals surface area contributed by atoms with Gasteiger partial charge >= 0.3 is 0 Å². The summed E-state index contributed by atoms with van der Waals surface area (Å²) in [6.07, 6.45) is 10.9. The Morgan fingerprint density at radius 1 is 0.846 bits per heavy atom. The third kappa shape index (κ3) is 5.65. The van der Waals surface area contributed by atoms with E-state index in [0.29, 0.717) is 5.92 Å². The molecule has 26 heavy (non-hydrogen) atoms. The molecule has 136 valence electrons. The normalized spacial score (nSPS) is 19.6. The number of halogens is 1. The summed E-state index contributed by atoms with van der Waals surface area (Å²) in [4.78, 5) is 0. The van der Waals surface area contributed by atoms with Crippen LogP contribution in [0.3, 0.4) is 0 Å². The van der Waals surface area contributed by atoms with Gasteiger partial charge in [0, 0.05) is 16.5 Å². The van der Waals surface area contributed by atoms with Crippen molar-refractivity contribution in [3.05, 3.63) is 59.1 Å². The first kappa shape index (κ1) is 19.1. The van der Waals surface area contributed by atoms with E-state index in [4.69, 9.17) is 11.6 Å². The molecule has 0 aromatic heterocycles. The Kier molecular flexibility index (Phi) is 7.22. The summed E-state index contributed by atoms with van der Waals surface area (Å²) in [7, 11) is 0. The van der Waals surface area contributed by atoms with Gasteiger partial charge in [-0.25, -0.2) is 0 Å². The Morgan fingerprint density at radius 3 is 2.08 bits per heavy atom. The number of unbranched alkanes of at least 4 members (excludes halogenated alkanes) is 2. The van der Waals surface area contributed by atoms with Crippen molar-refractivity contribution in [1.29, 1.82) is 0 Å². The maximum atomic E-state index is 5.96. The Labute approximate surface area is 164 Å². The fourth-order valence-corrected chi connectivity index (χ4v) is 3.98. The van der Waals surface area contributed by atoms with E-state index in [1.807, 2.05) is 12.1 Å². The zero-order valence-electron chi connectivity index (χ0n) is 15.8. The average Bonchev–Trinajstić information content (AvgIpc) is 2.69. The van der Waals surface area contributed by atoms with E-state index >= 15 is 0 Å². The Bertz CT molecular complexity index is 722. The molecule has 0 radical (unpaired) electrons. The van der Waals surface area contributed by atoms with Crippen LogP contribution in [0, 0.1) is 23.7 Å². The third-order valence-electron chi connectivity index (χ3n) is 5.55. The van der Waals surface area contributed by atoms with Crippen LogP contribution in [0.4, 0.5) is 0 Å². The molecule has 0 aliphatic heterocycles. The second-order valence-corrected chi connectivity index (χ2v) is 8.00. The lowest BCUT2D eigenvalue weighted by Gasteiger charge is -2.25. The van der Waals surface area contributed by atoms with Crippen LogP contribution in [0.15, 0.2) is 48.5 Å². The molecule has 0 unspecified atom stereocenters. The molecule has 1 aliphatic rings. The van der Waals surface area contributed by atoms with Crippen LogP contribution < -0.4 is 0 Å². The van der Waals surface area contributed by atoms with Crippen LogP contribution in [0.1, 0.15) is 63.9 Å². The molecule has 3 rings (SSSR count). The average molecular weight is 365 g/mol. The molecule has 1 saturated carbocycles. The minimum Gasteiger partial charge on any atom is -0.0945 e. The van der Waals surface area contributed by atoms with Gasteiger partial charge in [-0.1, -0.05) is 80.3 Å². The molecule has 0 nitrogen and oxygen atoms in total. The van der Waals surface area contributed by atoms with Gasteiger partial charge in [0.05, 0.1) is 0 Å². The van der Waals surface area contributed by atoms with Gasteiger partial charge in [-0.3, -0.25) is 0 Å². The minimum absolute atomic E-state index is 0.591. The maximum Gasteiger partial charge on any atom is 0.0406 e. The first-order chi connectivity index (χ1) is 12.7. The Balaban J connectivity index is 1.52. The predicted molar refractivity (Wildman–Crippen MR) is 113 cm³/mol. The highest BCUT2D eigenvalue weighted by Crippen LogP contribution is 2.31. The molecule has 0 atom stereocenters. The number of hydrogen-bond acceptors (Lipinski definition) is 0. The topological polar surface area (TPSA) is 0 Å². The summed E-state index contributed by atoms with van der Waals surface area (Å²) >= 11 is 5.96. The van der Waals surface area contributed by atoms with Crippen molar-refractivity contribution in [1.82, 2.24) is 0 Å². The van der Waals surface area contributed by atoms with E-state index in [1.165, 1.54) is 62.5 Å². The van der Waals surface area contributed by atoms with Crippen molar-refractivity contribution in [3.63, 3.8) is 0 Å². The molecule has 2 aromatic carbocycles. The monoisotopic (exact) mass is 364 g/mol. The SMILES string of the molecule is CCCCC[C@H]1CC[C@H](C#Cc2ccc(-c3ccc(Cl)cc3)cc2)CC1. The smallest absolute Gasteiger partial charge is 0.0406 e. The summed E-state index contributed by atoms with van der Waals surface area (Å²) in [6, 6.07) is 16.5. The van der Waals surface area contributed by atoms with Gasteiger partial charge in [0.1, 0.15) is 0 Å². The molecule has 2 aromatic rings. The maximum absolute atomic E-state index is 5.96. The Morgan fingerprint density at radius 2 is 1.46 bits per heavy atom. The quantitative estimate of drug-likeness (QED) is 0.376. The standard InChI is InChI=1S/C25H29Cl/c1-2-3-4-5-20-6-8-21(9-7-20)10-11-22-12-14-23(15-13-22)24-16-18-25(26)19-17-24/h12-21H,2-9H2,1H3/t20-,21-. The van der Waals surface area contributed by atoms with E-state index in [2.05, 4.69) is 55.2 Å². The van der Waals surface area contributed by atoms with Crippen molar-refractivity contribution in [2.75, 3.05) is 0 Å². The highest BCUT2D eigenvalue weighted by molar-refractivity contribution is 6.30. The Hall–Kier alpha value is -1.71. The lowest BCUT2D eigenvalue weighted by Crippen LogP contribution is -2.13. The van der Waals surface area contributed by atoms with Crippen LogP contribution in [-0.4, -0.2) is 0 Å². The molecule has 0 saturated heterocycles. The molecule has 1 heteroatoms. The van der Waals surface area contributed by atoms with Crippen molar-refractivity contribution < 1.29 is 0 Å². The summed E-state index contributed by atoms with van der Waals surface area (Å²) < 4.78 is 0. The number of benzene rings is 2. The molecule has 0 N–H and O–H groups in total. The van der Waals surface area contributed by atoms with Gasteiger partial charge in [-0.15, -0.1) is 0 Å². The highest BCUT2D eigenvalue weighted by atomic mass is 35.5. The molecule has 0 spiro atoms. The summed E-state index contributed by atoms with van der Waals surface area (Å²) in [5, 5.41) is 0.774. The van der Waals surface area contributed by atoms with Gasteiger partial charge in [-0.2, -0.15) is 0 Å². The van der Waals surface area contributed by atoms with E-state index in [1.54, 1.807) is 0 Å². The lowest BCUT2D eigenvalue weighted by atomic mass is 9.80. The molecule has 1 fully saturated rings. The van der Waals surface area contributed by atoms with E-state index in [-0.39, 0.29) is 0 Å². The van der Waals surface area contributed by atoms with Crippen molar-refractivity contribution in [2.45, 2.75) is 58.3 Å². The highest BCUT2D eigenvalue weighted by Gasteiger charge is 2.19. The second kappa shape index (κ2) is 9.84. The fraction of sp³-hybridized carbons (Fsp3) is 0.440. The third-order valence-corrected chi connectivity index (χ3v) is 5.80. The zero-order valence-corrected chi connectivity index (χ0v) is 16.6. The number of hydrogen-bond donors (Lipinski definition) is 0. The van der Waals surface area contributed by atoms with Crippen LogP contribution in [0.5, 0.6) is 0 Å². The summed E-state index contributed by atoms with van der Waals surface area (Å²) in [5.41, 5.74) is 3.52. The van der Waals surface area contributed by atoms with Crippen LogP contribution >= 0.6 is 11.6 Å². The molecular formula is C25H29Cl. The van der Waals surface area contributed by atoms with Gasteiger partial charge in [0.15, 0.2) is 0 Å². The van der Waals surface area contributed by atoms with Gasteiger partial charge in [0.25, 0.3) is 0 Å². The van der Waals surface area contributed by atoms with Crippen LogP contribution in [0.25, 0.3) is 11.1 Å². The van der Waals surface area contributed by atoms with E-state index < -0.39 is 0 Å². The van der Waals surface area contributed by atoms with Crippen LogP contribution in [-0.2, 0) is 0 Å². The molecule has 0 amide bonds. The first-order valence-corrected chi connectivity index (χ1v) is 10.5. The molecule has 0 bridgehead atoms. The molecular weight excluding hydrogens is 336 g/mol. The van der Waals surface area contributed by atoms with Gasteiger partial charge < -0.3 is 0 Å². The lowest BCUT2D eigenvalue weighted by molar-refractivity contribution is 0.294. The molecule has 0 heterocycles. The van der Waals surface area contributed by atoms with Gasteiger partial charge in [0.2, 0.25) is 0 Å².